The van der Waals surface area contributed by atoms with Gasteiger partial charge in [0.2, 0.25) is 0 Å². The molecule has 0 unspecified atom stereocenters. The van der Waals surface area contributed by atoms with Crippen molar-refractivity contribution in [3.8, 4) is 5.75 Å². The predicted octanol–water partition coefficient (Wildman–Crippen LogP) is 4.67. The van der Waals surface area contributed by atoms with Gasteiger partial charge >= 0.3 is 0 Å². The van der Waals surface area contributed by atoms with E-state index in [1.807, 2.05) is 6.92 Å². The van der Waals surface area contributed by atoms with Gasteiger partial charge in [0.1, 0.15) is 5.75 Å². The van der Waals surface area contributed by atoms with Gasteiger partial charge in [0.05, 0.1) is 6.61 Å². The molecule has 108 valence electrons. The van der Waals surface area contributed by atoms with Gasteiger partial charge < -0.3 is 9.30 Å². The number of fused-ring (bicyclic) bond motifs is 1. The Balaban J connectivity index is 1.67. The Morgan fingerprint density at radius 2 is 1.86 bits per heavy atom. The van der Waals surface area contributed by atoms with E-state index >= 15 is 0 Å². The van der Waals surface area contributed by atoms with E-state index in [2.05, 4.69) is 65.4 Å². The highest BCUT2D eigenvalue weighted by Crippen LogP contribution is 2.22. The third-order valence-electron chi connectivity index (χ3n) is 3.76. The molecule has 1 aromatic heterocycles. The molecule has 0 spiro atoms. The molecule has 0 bridgehead atoms. The molecule has 0 atom stereocenters. The van der Waals surface area contributed by atoms with Crippen molar-refractivity contribution in [2.45, 2.75) is 26.3 Å². The van der Waals surface area contributed by atoms with Crippen LogP contribution in [-0.4, -0.2) is 11.2 Å². The summed E-state index contributed by atoms with van der Waals surface area (Å²) in [6.45, 7) is 3.77. The van der Waals surface area contributed by atoms with Crippen LogP contribution in [-0.2, 0) is 13.0 Å². The van der Waals surface area contributed by atoms with Gasteiger partial charge in [-0.2, -0.15) is 0 Å². The van der Waals surface area contributed by atoms with Crippen LogP contribution in [0.3, 0.4) is 0 Å². The number of aromatic nitrogens is 1. The molecule has 0 aliphatic rings. The second kappa shape index (κ2) is 6.49. The van der Waals surface area contributed by atoms with Crippen LogP contribution in [0.5, 0.6) is 5.75 Å². The molecular formula is C19H21NO. The minimum absolute atomic E-state index is 0.712. The number of hydrogen-bond donors (Lipinski definition) is 0. The Morgan fingerprint density at radius 3 is 2.67 bits per heavy atom. The molecule has 0 aliphatic carbocycles. The van der Waals surface area contributed by atoms with Crippen molar-refractivity contribution >= 4 is 10.9 Å². The van der Waals surface area contributed by atoms with Crippen molar-refractivity contribution in [3.63, 3.8) is 0 Å². The molecule has 2 aromatic carbocycles. The van der Waals surface area contributed by atoms with E-state index in [4.69, 9.17) is 4.74 Å². The average Bonchev–Trinajstić information content (AvgIpc) is 2.91. The van der Waals surface area contributed by atoms with Crippen LogP contribution in [0.25, 0.3) is 10.9 Å². The molecule has 0 saturated heterocycles. The summed E-state index contributed by atoms with van der Waals surface area (Å²) in [7, 11) is 0. The van der Waals surface area contributed by atoms with Crippen LogP contribution in [0.4, 0.5) is 0 Å². The molecule has 0 radical (unpaired) electrons. The van der Waals surface area contributed by atoms with Crippen molar-refractivity contribution in [1.82, 2.24) is 4.57 Å². The molecule has 0 fully saturated rings. The fourth-order valence-corrected chi connectivity index (χ4v) is 2.73. The Hall–Kier alpha value is -2.22. The lowest BCUT2D eigenvalue weighted by molar-refractivity contribution is 0.340. The Bertz CT molecular complexity index is 700. The lowest BCUT2D eigenvalue weighted by Gasteiger charge is -2.07. The molecule has 0 saturated carbocycles. The first-order valence-corrected chi connectivity index (χ1v) is 7.62. The van der Waals surface area contributed by atoms with Crippen molar-refractivity contribution in [1.29, 1.82) is 0 Å². The van der Waals surface area contributed by atoms with E-state index in [0.29, 0.717) is 6.61 Å². The third-order valence-corrected chi connectivity index (χ3v) is 3.76. The molecule has 0 aliphatic heterocycles. The summed E-state index contributed by atoms with van der Waals surface area (Å²) in [5.74, 6) is 0.951. The molecule has 1 heterocycles. The van der Waals surface area contributed by atoms with Crippen LogP contribution in [0.2, 0.25) is 0 Å². The molecule has 0 N–H and O–H groups in total. The highest BCUT2D eigenvalue weighted by molar-refractivity contribution is 5.81. The summed E-state index contributed by atoms with van der Waals surface area (Å²) < 4.78 is 7.88. The molecule has 3 rings (SSSR count). The first-order chi connectivity index (χ1) is 10.4. The standard InChI is InChI=1S/C19H21NO/c1-2-21-18-10-11-19-17(15-18)12-14-20(19)13-6-9-16-7-4-3-5-8-16/h3-5,7-8,10-12,14-15H,2,6,9,13H2,1H3. The van der Waals surface area contributed by atoms with E-state index in [1.165, 1.54) is 16.5 Å². The molecule has 0 amide bonds. The predicted molar refractivity (Wildman–Crippen MR) is 87.9 cm³/mol. The molecule has 21 heavy (non-hydrogen) atoms. The monoisotopic (exact) mass is 279 g/mol. The van der Waals surface area contributed by atoms with E-state index in [1.54, 1.807) is 0 Å². The summed E-state index contributed by atoms with van der Waals surface area (Å²) in [5, 5.41) is 1.25. The zero-order valence-corrected chi connectivity index (χ0v) is 12.5. The lowest BCUT2D eigenvalue weighted by Crippen LogP contribution is -1.98. The van der Waals surface area contributed by atoms with Crippen LogP contribution >= 0.6 is 0 Å². The van der Waals surface area contributed by atoms with Crippen LogP contribution in [0, 0.1) is 0 Å². The van der Waals surface area contributed by atoms with E-state index in [-0.39, 0.29) is 0 Å². The van der Waals surface area contributed by atoms with Crippen LogP contribution < -0.4 is 4.74 Å². The normalized spacial score (nSPS) is 10.9. The smallest absolute Gasteiger partial charge is 0.120 e. The second-order valence-corrected chi connectivity index (χ2v) is 5.25. The zero-order chi connectivity index (χ0) is 14.5. The minimum atomic E-state index is 0.712. The second-order valence-electron chi connectivity index (χ2n) is 5.25. The Kier molecular flexibility index (Phi) is 4.25. The van der Waals surface area contributed by atoms with Gasteiger partial charge in [0, 0.05) is 23.6 Å². The number of rotatable bonds is 6. The summed E-state index contributed by atoms with van der Waals surface area (Å²) in [6.07, 6.45) is 4.45. The van der Waals surface area contributed by atoms with Crippen molar-refractivity contribution in [2.24, 2.45) is 0 Å². The SMILES string of the molecule is CCOc1ccc2c(ccn2CCCc2ccccc2)c1. The van der Waals surface area contributed by atoms with Crippen molar-refractivity contribution in [3.05, 3.63) is 66.4 Å². The van der Waals surface area contributed by atoms with Gasteiger partial charge in [-0.15, -0.1) is 0 Å². The van der Waals surface area contributed by atoms with Gasteiger partial charge in [-0.3, -0.25) is 0 Å². The van der Waals surface area contributed by atoms with Gasteiger partial charge in [0.25, 0.3) is 0 Å². The topological polar surface area (TPSA) is 14.2 Å². The Labute approximate surface area is 126 Å². The lowest BCUT2D eigenvalue weighted by atomic mass is 10.1. The van der Waals surface area contributed by atoms with Gasteiger partial charge in [-0.1, -0.05) is 30.3 Å². The largest absolute Gasteiger partial charge is 0.494 e. The fourth-order valence-electron chi connectivity index (χ4n) is 2.73. The average molecular weight is 279 g/mol. The number of hydrogen-bond acceptors (Lipinski definition) is 1. The van der Waals surface area contributed by atoms with Crippen LogP contribution in [0.1, 0.15) is 18.9 Å². The summed E-state index contributed by atoms with van der Waals surface area (Å²) >= 11 is 0. The maximum absolute atomic E-state index is 5.55. The number of benzene rings is 2. The van der Waals surface area contributed by atoms with Gasteiger partial charge in [-0.25, -0.2) is 0 Å². The molecule has 2 heteroatoms. The minimum Gasteiger partial charge on any atom is -0.494 e. The molecule has 2 nitrogen and oxygen atoms in total. The van der Waals surface area contributed by atoms with Crippen LogP contribution in [0.15, 0.2) is 60.8 Å². The number of aryl methyl sites for hydroxylation is 2. The van der Waals surface area contributed by atoms with E-state index in [0.717, 1.165) is 25.1 Å². The van der Waals surface area contributed by atoms with Crippen molar-refractivity contribution < 1.29 is 4.74 Å². The molecular weight excluding hydrogens is 258 g/mol. The van der Waals surface area contributed by atoms with Gasteiger partial charge in [0.15, 0.2) is 0 Å². The number of nitrogens with zero attached hydrogens (tertiary/aromatic N) is 1. The Morgan fingerprint density at radius 1 is 1.00 bits per heavy atom. The van der Waals surface area contributed by atoms with Crippen molar-refractivity contribution in [2.75, 3.05) is 6.61 Å². The van der Waals surface area contributed by atoms with Gasteiger partial charge in [-0.05, 0) is 49.6 Å². The summed E-state index contributed by atoms with van der Waals surface area (Å²) in [4.78, 5) is 0. The zero-order valence-electron chi connectivity index (χ0n) is 12.5. The third kappa shape index (κ3) is 3.27. The highest BCUT2D eigenvalue weighted by Gasteiger charge is 2.03. The van der Waals surface area contributed by atoms with E-state index in [9.17, 15) is 0 Å². The fraction of sp³-hybridized carbons (Fsp3) is 0.263. The van der Waals surface area contributed by atoms with E-state index < -0.39 is 0 Å². The first kappa shape index (κ1) is 13.7. The maximum atomic E-state index is 5.55. The summed E-state index contributed by atoms with van der Waals surface area (Å²) in [6, 6.07) is 19.2. The number of ether oxygens (including phenoxy) is 1. The quantitative estimate of drug-likeness (QED) is 0.639. The first-order valence-electron chi connectivity index (χ1n) is 7.62. The maximum Gasteiger partial charge on any atom is 0.120 e. The summed E-state index contributed by atoms with van der Waals surface area (Å²) in [5.41, 5.74) is 2.69. The highest BCUT2D eigenvalue weighted by atomic mass is 16.5. The molecule has 3 aromatic rings.